The van der Waals surface area contributed by atoms with Crippen LogP contribution in [0.3, 0.4) is 0 Å². The molecule has 38 heavy (non-hydrogen) atoms. The molecule has 0 unspecified atom stereocenters. The molecule has 7 nitrogen and oxygen atoms in total. The van der Waals surface area contributed by atoms with Crippen LogP contribution in [0.15, 0.2) is 72.9 Å². The Morgan fingerprint density at radius 1 is 0.842 bits per heavy atom. The lowest BCUT2D eigenvalue weighted by molar-refractivity contribution is 0.130. The molecule has 0 atom stereocenters. The average molecular weight is 511 g/mol. The topological polar surface area (TPSA) is 86.2 Å². The van der Waals surface area contributed by atoms with Crippen molar-refractivity contribution >= 4 is 23.1 Å². The number of hydrogen-bond donors (Lipinski definition) is 3. The van der Waals surface area contributed by atoms with E-state index in [1.165, 1.54) is 30.5 Å². The van der Waals surface area contributed by atoms with Crippen LogP contribution >= 0.6 is 0 Å². The molecule has 2 heterocycles. The minimum Gasteiger partial charge on any atom is -0.393 e. The van der Waals surface area contributed by atoms with Crippen LogP contribution in [-0.4, -0.2) is 47.3 Å². The fourth-order valence-corrected chi connectivity index (χ4v) is 4.54. The van der Waals surface area contributed by atoms with Crippen LogP contribution in [0.2, 0.25) is 0 Å². The molecule has 4 aromatic rings. The van der Waals surface area contributed by atoms with Crippen LogP contribution in [0, 0.1) is 6.92 Å². The minimum absolute atomic E-state index is 0.0359. The predicted octanol–water partition coefficient (Wildman–Crippen LogP) is 6.68. The Labute approximate surface area is 226 Å². The Hall–Kier alpha value is -3.97. The third-order valence-corrected chi connectivity index (χ3v) is 6.68. The van der Waals surface area contributed by atoms with Gasteiger partial charge >= 0.3 is 0 Å². The molecule has 1 fully saturated rings. The van der Waals surface area contributed by atoms with E-state index in [2.05, 4.69) is 66.9 Å². The zero-order chi connectivity index (χ0) is 26.9. The zero-order valence-electron chi connectivity index (χ0n) is 22.8. The fraction of sp³-hybridized carbons (Fsp3) is 0.323. The Morgan fingerprint density at radius 2 is 1.50 bits per heavy atom. The van der Waals surface area contributed by atoms with E-state index >= 15 is 0 Å². The van der Waals surface area contributed by atoms with Crippen molar-refractivity contribution in [2.24, 2.45) is 0 Å². The number of pyridine rings is 1. The van der Waals surface area contributed by atoms with Gasteiger partial charge in [0.15, 0.2) is 0 Å². The largest absolute Gasteiger partial charge is 0.393 e. The first-order chi connectivity index (χ1) is 18.4. The van der Waals surface area contributed by atoms with Gasteiger partial charge in [-0.25, -0.2) is 4.98 Å². The summed E-state index contributed by atoms with van der Waals surface area (Å²) in [6.07, 6.45) is 7.70. The quantitative estimate of drug-likeness (QED) is 0.267. The number of anilines is 4. The summed E-state index contributed by atoms with van der Waals surface area (Å²) in [5, 5.41) is 15.4. The number of hydrogen-bond acceptors (Lipinski definition) is 7. The van der Waals surface area contributed by atoms with Gasteiger partial charge in [-0.15, -0.1) is 0 Å². The van der Waals surface area contributed by atoms with Crippen molar-refractivity contribution in [2.75, 3.05) is 36.7 Å². The van der Waals surface area contributed by atoms with Gasteiger partial charge in [0.2, 0.25) is 5.95 Å². The summed E-state index contributed by atoms with van der Waals surface area (Å²) in [6.45, 7) is 1.97. The Bertz CT molecular complexity index is 1280. The highest BCUT2D eigenvalue weighted by Crippen LogP contribution is 2.30. The van der Waals surface area contributed by atoms with Gasteiger partial charge in [-0.05, 0) is 67.3 Å². The van der Waals surface area contributed by atoms with E-state index in [1.54, 1.807) is 6.20 Å². The minimum atomic E-state index is 0.0359. The molecule has 1 saturated carbocycles. The first-order valence-electron chi connectivity index (χ1n) is 13.3. The molecule has 0 spiro atoms. The summed E-state index contributed by atoms with van der Waals surface area (Å²) in [4.78, 5) is 15.8. The zero-order valence-corrected chi connectivity index (χ0v) is 22.8. The second kappa shape index (κ2) is 13.0. The van der Waals surface area contributed by atoms with E-state index in [-0.39, 0.29) is 6.10 Å². The molecule has 0 radical (unpaired) electrons. The van der Waals surface area contributed by atoms with Crippen LogP contribution in [0.4, 0.5) is 23.1 Å². The van der Waals surface area contributed by atoms with Gasteiger partial charge in [-0.1, -0.05) is 49.6 Å². The molecule has 0 bridgehead atoms. The van der Waals surface area contributed by atoms with Crippen molar-refractivity contribution in [3.63, 3.8) is 0 Å². The van der Waals surface area contributed by atoms with Gasteiger partial charge < -0.3 is 20.6 Å². The van der Waals surface area contributed by atoms with E-state index in [9.17, 15) is 0 Å². The number of nitrogens with one attached hydrogen (secondary N) is 2. The number of aromatic nitrogens is 3. The number of rotatable bonds is 6. The summed E-state index contributed by atoms with van der Waals surface area (Å²) in [5.74, 6) is 1.29. The molecule has 0 saturated heterocycles. The molecule has 5 rings (SSSR count). The molecule has 1 aliphatic carbocycles. The highest BCUT2D eigenvalue weighted by Gasteiger charge is 2.14. The number of nitrogens with zero attached hydrogens (tertiary/aromatic N) is 4. The summed E-state index contributed by atoms with van der Waals surface area (Å²) < 4.78 is 0. The van der Waals surface area contributed by atoms with Gasteiger partial charge in [-0.2, -0.15) is 4.98 Å². The lowest BCUT2D eigenvalue weighted by Gasteiger charge is -2.14. The SMILES string of the molecule is CNc1nc(Nc2ccc(-c3ccc(N(C)C)cc3)cc2)nc(C)c1-c1ccccn1.OC1CCCCC1. The van der Waals surface area contributed by atoms with Crippen molar-refractivity contribution in [1.29, 1.82) is 0 Å². The van der Waals surface area contributed by atoms with E-state index in [4.69, 9.17) is 5.11 Å². The van der Waals surface area contributed by atoms with Gasteiger partial charge in [0, 0.05) is 38.7 Å². The smallest absolute Gasteiger partial charge is 0.229 e. The number of benzene rings is 2. The molecular weight excluding hydrogens is 472 g/mol. The molecule has 3 N–H and O–H groups in total. The Balaban J connectivity index is 0.000000417. The lowest BCUT2D eigenvalue weighted by Crippen LogP contribution is -2.09. The third kappa shape index (κ3) is 7.07. The molecule has 2 aromatic heterocycles. The standard InChI is InChI=1S/C25H26N6.C6H12O/c1-17-23(22-7-5-6-16-27-22)24(26-2)30-25(28-17)29-20-12-8-18(9-13-20)19-10-14-21(15-11-19)31(3)4;7-6-4-2-1-3-5-6/h5-16H,1-4H3,(H2,26,28,29,30);6-7H,1-5H2. The predicted molar refractivity (Wildman–Crippen MR) is 158 cm³/mol. The first kappa shape index (κ1) is 27.1. The highest BCUT2D eigenvalue weighted by atomic mass is 16.3. The third-order valence-electron chi connectivity index (χ3n) is 6.68. The van der Waals surface area contributed by atoms with E-state index in [1.807, 2.05) is 58.4 Å². The normalized spacial score (nSPS) is 13.3. The van der Waals surface area contributed by atoms with Gasteiger partial charge in [-0.3, -0.25) is 4.98 Å². The van der Waals surface area contributed by atoms with Crippen LogP contribution in [0.1, 0.15) is 37.8 Å². The van der Waals surface area contributed by atoms with Gasteiger partial charge in [0.25, 0.3) is 0 Å². The highest BCUT2D eigenvalue weighted by molar-refractivity contribution is 5.76. The molecule has 198 valence electrons. The number of aryl methyl sites for hydroxylation is 1. The van der Waals surface area contributed by atoms with Crippen LogP contribution < -0.4 is 15.5 Å². The summed E-state index contributed by atoms with van der Waals surface area (Å²) >= 11 is 0. The molecule has 2 aromatic carbocycles. The molecule has 1 aliphatic rings. The molecule has 0 aliphatic heterocycles. The van der Waals surface area contributed by atoms with Crippen LogP contribution in [0.5, 0.6) is 0 Å². The summed E-state index contributed by atoms with van der Waals surface area (Å²) in [5.41, 5.74) is 7.07. The molecule has 0 amide bonds. The second-order valence-corrected chi connectivity index (χ2v) is 9.76. The van der Waals surface area contributed by atoms with Crippen molar-refractivity contribution < 1.29 is 5.11 Å². The number of aliphatic hydroxyl groups is 1. The maximum absolute atomic E-state index is 8.91. The summed E-state index contributed by atoms with van der Waals surface area (Å²) in [7, 11) is 5.94. The molecule has 7 heteroatoms. The Morgan fingerprint density at radius 3 is 2.03 bits per heavy atom. The van der Waals surface area contributed by atoms with E-state index in [0.29, 0.717) is 5.95 Å². The maximum atomic E-state index is 8.91. The second-order valence-electron chi connectivity index (χ2n) is 9.76. The number of aliphatic hydroxyl groups excluding tert-OH is 1. The lowest BCUT2D eigenvalue weighted by atomic mass is 9.98. The van der Waals surface area contributed by atoms with Gasteiger partial charge in [0.05, 0.1) is 23.1 Å². The first-order valence-corrected chi connectivity index (χ1v) is 13.3. The monoisotopic (exact) mass is 510 g/mol. The maximum Gasteiger partial charge on any atom is 0.229 e. The van der Waals surface area contributed by atoms with Crippen molar-refractivity contribution in [2.45, 2.75) is 45.1 Å². The van der Waals surface area contributed by atoms with Crippen molar-refractivity contribution in [3.8, 4) is 22.4 Å². The van der Waals surface area contributed by atoms with Crippen molar-refractivity contribution in [3.05, 3.63) is 78.6 Å². The van der Waals surface area contributed by atoms with Crippen molar-refractivity contribution in [1.82, 2.24) is 15.0 Å². The van der Waals surface area contributed by atoms with E-state index in [0.717, 1.165) is 46.9 Å². The van der Waals surface area contributed by atoms with Crippen LogP contribution in [-0.2, 0) is 0 Å². The Kier molecular flexibility index (Phi) is 9.27. The average Bonchev–Trinajstić information content (AvgIpc) is 2.94. The fourth-order valence-electron chi connectivity index (χ4n) is 4.54. The van der Waals surface area contributed by atoms with E-state index < -0.39 is 0 Å². The summed E-state index contributed by atoms with van der Waals surface area (Å²) in [6, 6.07) is 22.6. The molecular formula is C31H38N6O. The van der Waals surface area contributed by atoms with Gasteiger partial charge in [0.1, 0.15) is 5.82 Å². The van der Waals surface area contributed by atoms with Crippen LogP contribution in [0.25, 0.3) is 22.4 Å².